The van der Waals surface area contributed by atoms with E-state index in [-0.39, 0.29) is 29.6 Å². The maximum atomic E-state index is 12.3. The molecule has 0 saturated heterocycles. The number of halogens is 1. The van der Waals surface area contributed by atoms with Gasteiger partial charge < -0.3 is 11.1 Å². The van der Waals surface area contributed by atoms with Gasteiger partial charge in [0.15, 0.2) is 0 Å². The smallest absolute Gasteiger partial charge is 0.233 e. The average Bonchev–Trinajstić information content (AvgIpc) is 2.47. The molecule has 1 amide bonds. The van der Waals surface area contributed by atoms with Gasteiger partial charge in [-0.05, 0) is 61.6 Å². The quantitative estimate of drug-likeness (QED) is 0.604. The monoisotopic (exact) mass is 342 g/mol. The molecular weight excluding hydrogens is 316 g/mol. The number of nitrogens with two attached hydrogens (primary N) is 1. The van der Waals surface area contributed by atoms with E-state index >= 15 is 0 Å². The van der Waals surface area contributed by atoms with Crippen molar-refractivity contribution in [2.24, 2.45) is 0 Å². The molecule has 1 aliphatic carbocycles. The van der Waals surface area contributed by atoms with Crippen molar-refractivity contribution in [2.45, 2.75) is 57.2 Å². The highest BCUT2D eigenvalue weighted by molar-refractivity contribution is 8.00. The zero-order valence-corrected chi connectivity index (χ0v) is 15.1. The lowest BCUT2D eigenvalue weighted by atomic mass is 9.87. The van der Waals surface area contributed by atoms with Gasteiger partial charge in [-0.2, -0.15) is 0 Å². The Morgan fingerprint density at radius 2 is 2.27 bits per heavy atom. The maximum absolute atomic E-state index is 12.3. The lowest BCUT2D eigenvalue weighted by Gasteiger charge is -2.27. The van der Waals surface area contributed by atoms with Crippen LogP contribution in [0.4, 0.5) is 5.69 Å². The van der Waals surface area contributed by atoms with E-state index in [9.17, 15) is 4.79 Å². The number of fused-ring (bicyclic) bond motifs is 1. The lowest BCUT2D eigenvalue weighted by Crippen LogP contribution is -2.36. The van der Waals surface area contributed by atoms with E-state index < -0.39 is 0 Å². The van der Waals surface area contributed by atoms with Gasteiger partial charge in [-0.3, -0.25) is 4.79 Å². The van der Waals surface area contributed by atoms with Crippen LogP contribution in [0, 0.1) is 0 Å². The number of hydrogen-bond donors (Lipinski definition) is 2. The minimum atomic E-state index is 0. The van der Waals surface area contributed by atoms with Gasteiger partial charge >= 0.3 is 0 Å². The predicted molar refractivity (Wildman–Crippen MR) is 98.8 cm³/mol. The topological polar surface area (TPSA) is 55.1 Å². The van der Waals surface area contributed by atoms with Crippen LogP contribution in [0.1, 0.15) is 56.7 Å². The van der Waals surface area contributed by atoms with Crippen LogP contribution in [-0.2, 0) is 11.2 Å². The molecule has 0 heterocycles. The first-order valence-electron chi connectivity index (χ1n) is 7.92. The van der Waals surface area contributed by atoms with E-state index in [2.05, 4.69) is 18.3 Å². The van der Waals surface area contributed by atoms with Crippen LogP contribution in [0.5, 0.6) is 0 Å². The summed E-state index contributed by atoms with van der Waals surface area (Å²) in [6.07, 6.45) is 5.55. The minimum Gasteiger partial charge on any atom is -0.399 e. The highest BCUT2D eigenvalue weighted by Crippen LogP contribution is 2.31. The summed E-state index contributed by atoms with van der Waals surface area (Å²) in [6.45, 7) is 4.18. The summed E-state index contributed by atoms with van der Waals surface area (Å²) < 4.78 is 0. The zero-order chi connectivity index (χ0) is 15.2. The summed E-state index contributed by atoms with van der Waals surface area (Å²) in [5.74, 6) is 1.22. The van der Waals surface area contributed by atoms with Crippen molar-refractivity contribution in [3.8, 4) is 0 Å². The first-order valence-corrected chi connectivity index (χ1v) is 8.97. The van der Waals surface area contributed by atoms with Gasteiger partial charge in [-0.1, -0.05) is 19.4 Å². The zero-order valence-electron chi connectivity index (χ0n) is 13.4. The van der Waals surface area contributed by atoms with E-state index in [0.717, 1.165) is 30.7 Å². The minimum absolute atomic E-state index is 0. The molecule has 0 bridgehead atoms. The van der Waals surface area contributed by atoms with E-state index in [4.69, 9.17) is 5.73 Å². The predicted octanol–water partition coefficient (Wildman–Crippen LogP) is 4.11. The van der Waals surface area contributed by atoms with Crippen LogP contribution in [0.25, 0.3) is 0 Å². The van der Waals surface area contributed by atoms with Crippen molar-refractivity contribution in [2.75, 3.05) is 11.5 Å². The molecule has 0 saturated carbocycles. The fourth-order valence-electron chi connectivity index (χ4n) is 2.75. The number of unbranched alkanes of at least 4 members (excludes halogenated alkanes) is 1. The number of amides is 1. The number of nitrogen functional groups attached to an aromatic ring is 1. The Balaban J connectivity index is 0.00000242. The molecule has 5 heteroatoms. The second kappa shape index (κ2) is 9.31. The number of anilines is 1. The third-order valence-electron chi connectivity index (χ3n) is 4.03. The molecule has 1 aliphatic rings. The summed E-state index contributed by atoms with van der Waals surface area (Å²) in [4.78, 5) is 12.3. The Bertz CT molecular complexity index is 496. The number of thioether (sulfide) groups is 1. The number of carbonyl (C=O) groups excluding carboxylic acids is 1. The molecule has 2 rings (SSSR count). The summed E-state index contributed by atoms with van der Waals surface area (Å²) >= 11 is 1.75. The number of rotatable bonds is 6. The van der Waals surface area contributed by atoms with Gasteiger partial charge in [-0.25, -0.2) is 0 Å². The summed E-state index contributed by atoms with van der Waals surface area (Å²) in [5, 5.41) is 3.24. The van der Waals surface area contributed by atoms with Gasteiger partial charge in [-0.15, -0.1) is 24.2 Å². The highest BCUT2D eigenvalue weighted by atomic mass is 35.5. The van der Waals surface area contributed by atoms with Crippen molar-refractivity contribution in [3.63, 3.8) is 0 Å². The van der Waals surface area contributed by atoms with Crippen molar-refractivity contribution < 1.29 is 4.79 Å². The van der Waals surface area contributed by atoms with Crippen LogP contribution in [0.3, 0.4) is 0 Å². The van der Waals surface area contributed by atoms with Gasteiger partial charge in [0, 0.05) is 5.69 Å². The van der Waals surface area contributed by atoms with Crippen molar-refractivity contribution >= 4 is 35.8 Å². The number of carbonyl (C=O) groups is 1. The fourth-order valence-corrected chi connectivity index (χ4v) is 3.78. The van der Waals surface area contributed by atoms with Gasteiger partial charge in [0.2, 0.25) is 5.91 Å². The Kier molecular flexibility index (Phi) is 8.12. The maximum Gasteiger partial charge on any atom is 0.233 e. The summed E-state index contributed by atoms with van der Waals surface area (Å²) in [7, 11) is 0. The SMILES string of the molecule is CCCCSC(C)C(=O)NC1CCCc2cc(N)ccc21.Cl. The van der Waals surface area contributed by atoms with E-state index in [1.807, 2.05) is 19.1 Å². The summed E-state index contributed by atoms with van der Waals surface area (Å²) in [6, 6.07) is 6.20. The second-order valence-corrected chi connectivity index (χ2v) is 7.23. The Morgan fingerprint density at radius 3 is 3.00 bits per heavy atom. The number of aryl methyl sites for hydroxylation is 1. The van der Waals surface area contributed by atoms with Crippen LogP contribution in [0.15, 0.2) is 18.2 Å². The first kappa shape index (κ1) is 19.2. The molecule has 0 aliphatic heterocycles. The number of hydrogen-bond acceptors (Lipinski definition) is 3. The standard InChI is InChI=1S/C17H26N2OS.ClH/c1-3-4-10-21-12(2)17(20)19-16-7-5-6-13-11-14(18)8-9-15(13)16;/h8-9,11-12,16H,3-7,10,18H2,1-2H3,(H,19,20);1H. The molecule has 0 aromatic heterocycles. The molecule has 3 nitrogen and oxygen atoms in total. The Labute approximate surface area is 144 Å². The average molecular weight is 343 g/mol. The molecule has 1 aromatic rings. The van der Waals surface area contributed by atoms with E-state index in [1.165, 1.54) is 24.0 Å². The normalized spacial score (nSPS) is 18.0. The van der Waals surface area contributed by atoms with Crippen molar-refractivity contribution in [3.05, 3.63) is 29.3 Å². The third kappa shape index (κ3) is 5.10. The molecule has 0 radical (unpaired) electrons. The van der Waals surface area contributed by atoms with E-state index in [1.54, 1.807) is 11.8 Å². The van der Waals surface area contributed by atoms with E-state index in [0.29, 0.717) is 0 Å². The Hall–Kier alpha value is -0.870. The number of nitrogens with one attached hydrogen (secondary N) is 1. The molecule has 2 unspecified atom stereocenters. The number of benzene rings is 1. The molecule has 22 heavy (non-hydrogen) atoms. The van der Waals surface area contributed by atoms with Gasteiger partial charge in [0.25, 0.3) is 0 Å². The molecule has 0 spiro atoms. The molecule has 3 N–H and O–H groups in total. The van der Waals surface area contributed by atoms with Gasteiger partial charge in [0.1, 0.15) is 0 Å². The highest BCUT2D eigenvalue weighted by Gasteiger charge is 2.23. The van der Waals surface area contributed by atoms with Crippen LogP contribution >= 0.6 is 24.2 Å². The second-order valence-electron chi connectivity index (χ2n) is 5.78. The lowest BCUT2D eigenvalue weighted by molar-refractivity contribution is -0.121. The van der Waals surface area contributed by atoms with Gasteiger partial charge in [0.05, 0.1) is 11.3 Å². The first-order chi connectivity index (χ1) is 10.1. The van der Waals surface area contributed by atoms with Crippen LogP contribution in [-0.4, -0.2) is 16.9 Å². The van der Waals surface area contributed by atoms with Crippen LogP contribution in [0.2, 0.25) is 0 Å². The van der Waals surface area contributed by atoms with Crippen LogP contribution < -0.4 is 11.1 Å². The largest absolute Gasteiger partial charge is 0.399 e. The van der Waals surface area contributed by atoms with Crippen molar-refractivity contribution in [1.82, 2.24) is 5.32 Å². The fraction of sp³-hybridized carbons (Fsp3) is 0.588. The molecular formula is C17H27ClN2OS. The molecule has 0 fully saturated rings. The molecule has 2 atom stereocenters. The molecule has 124 valence electrons. The Morgan fingerprint density at radius 1 is 1.50 bits per heavy atom. The summed E-state index contributed by atoms with van der Waals surface area (Å²) in [5.41, 5.74) is 9.20. The third-order valence-corrected chi connectivity index (χ3v) is 5.27. The van der Waals surface area contributed by atoms with Crippen molar-refractivity contribution in [1.29, 1.82) is 0 Å². The molecule has 1 aromatic carbocycles.